The fraction of sp³-hybridized carbons (Fsp3) is 0.667. The highest BCUT2D eigenvalue weighted by molar-refractivity contribution is 9.10. The number of halogens is 1. The molecule has 5 heteroatoms. The van der Waals surface area contributed by atoms with Gasteiger partial charge in [-0.1, -0.05) is 6.42 Å². The average Bonchev–Trinajstić information content (AvgIpc) is 2.94. The fourth-order valence-corrected chi connectivity index (χ4v) is 3.72. The number of carbonyl (C=O) groups is 1. The first kappa shape index (κ1) is 14.1. The monoisotopic (exact) mass is 339 g/mol. The van der Waals surface area contributed by atoms with Gasteiger partial charge in [-0.3, -0.25) is 4.79 Å². The maximum absolute atomic E-state index is 12.4. The van der Waals surface area contributed by atoms with Crippen molar-refractivity contribution in [3.8, 4) is 0 Å². The Hall–Kier alpha value is -0.810. The zero-order valence-electron chi connectivity index (χ0n) is 11.8. The minimum Gasteiger partial charge on any atom is -0.356 e. The fourth-order valence-electron chi connectivity index (χ4n) is 3.38. The molecule has 0 atom stereocenters. The molecule has 2 aliphatic rings. The number of aromatic nitrogens is 1. The molecule has 1 aromatic heterocycles. The molecule has 1 amide bonds. The van der Waals surface area contributed by atoms with E-state index in [9.17, 15) is 4.79 Å². The van der Waals surface area contributed by atoms with Crippen molar-refractivity contribution in [3.05, 3.63) is 22.4 Å². The lowest BCUT2D eigenvalue weighted by Crippen LogP contribution is -2.48. The van der Waals surface area contributed by atoms with Gasteiger partial charge in [-0.2, -0.15) is 0 Å². The number of nitrogens with zero attached hydrogens (tertiary/aromatic N) is 2. The standard InChI is InChI=1S/C15H22BrN3O/c16-12-10-14(17-11-12)15(20)19-8-4-13(5-9-19)18-6-2-1-3-7-18/h10-11,13,17H,1-9H2. The van der Waals surface area contributed by atoms with E-state index >= 15 is 0 Å². The van der Waals surface area contributed by atoms with Gasteiger partial charge < -0.3 is 14.8 Å². The van der Waals surface area contributed by atoms with Gasteiger partial charge in [-0.05, 0) is 60.8 Å². The lowest BCUT2D eigenvalue weighted by atomic mass is 10.00. The molecular weight excluding hydrogens is 318 g/mol. The van der Waals surface area contributed by atoms with E-state index in [0.29, 0.717) is 11.7 Å². The number of aromatic amines is 1. The number of hydrogen-bond acceptors (Lipinski definition) is 2. The number of likely N-dealkylation sites (tertiary alicyclic amines) is 2. The molecule has 3 heterocycles. The Labute approximate surface area is 128 Å². The maximum atomic E-state index is 12.4. The van der Waals surface area contributed by atoms with Gasteiger partial charge >= 0.3 is 0 Å². The van der Waals surface area contributed by atoms with Crippen LogP contribution in [-0.4, -0.2) is 52.9 Å². The van der Waals surface area contributed by atoms with Gasteiger partial charge in [0.05, 0.1) is 0 Å². The van der Waals surface area contributed by atoms with Crippen LogP contribution in [0.4, 0.5) is 0 Å². The first-order chi connectivity index (χ1) is 9.74. The zero-order valence-corrected chi connectivity index (χ0v) is 13.4. The second-order valence-electron chi connectivity index (χ2n) is 5.85. The number of piperidine rings is 2. The molecule has 0 bridgehead atoms. The third kappa shape index (κ3) is 3.09. The van der Waals surface area contributed by atoms with Crippen molar-refractivity contribution in [1.82, 2.24) is 14.8 Å². The third-order valence-corrected chi connectivity index (χ3v) is 4.99. The summed E-state index contributed by atoms with van der Waals surface area (Å²) in [5.41, 5.74) is 0.688. The summed E-state index contributed by atoms with van der Waals surface area (Å²) < 4.78 is 0.934. The summed E-state index contributed by atoms with van der Waals surface area (Å²) in [7, 11) is 0. The minimum absolute atomic E-state index is 0.132. The quantitative estimate of drug-likeness (QED) is 0.899. The van der Waals surface area contributed by atoms with Gasteiger partial charge in [0.1, 0.15) is 5.69 Å². The Balaban J connectivity index is 1.54. The Kier molecular flexibility index (Phi) is 4.46. The predicted molar refractivity (Wildman–Crippen MR) is 82.8 cm³/mol. The van der Waals surface area contributed by atoms with Crippen LogP contribution in [-0.2, 0) is 0 Å². The Morgan fingerprint density at radius 3 is 2.45 bits per heavy atom. The second-order valence-corrected chi connectivity index (χ2v) is 6.77. The Bertz CT molecular complexity index is 459. The van der Waals surface area contributed by atoms with Crippen molar-refractivity contribution in [2.24, 2.45) is 0 Å². The highest BCUT2D eigenvalue weighted by Crippen LogP contribution is 2.22. The molecule has 0 aliphatic carbocycles. The van der Waals surface area contributed by atoms with Gasteiger partial charge in [0.15, 0.2) is 0 Å². The summed E-state index contributed by atoms with van der Waals surface area (Å²) in [5.74, 6) is 0.132. The number of hydrogen-bond donors (Lipinski definition) is 1. The molecule has 2 saturated heterocycles. The molecule has 1 aromatic rings. The van der Waals surface area contributed by atoms with Crippen LogP contribution in [0.5, 0.6) is 0 Å². The molecule has 20 heavy (non-hydrogen) atoms. The van der Waals surface area contributed by atoms with Crippen LogP contribution in [0.2, 0.25) is 0 Å². The molecule has 0 saturated carbocycles. The molecule has 0 aromatic carbocycles. The number of nitrogens with one attached hydrogen (secondary N) is 1. The van der Waals surface area contributed by atoms with Gasteiger partial charge in [-0.25, -0.2) is 0 Å². The average molecular weight is 340 g/mol. The summed E-state index contributed by atoms with van der Waals surface area (Å²) in [6.45, 7) is 4.28. The molecule has 3 rings (SSSR count). The molecule has 1 N–H and O–H groups in total. The molecule has 2 fully saturated rings. The summed E-state index contributed by atoms with van der Waals surface area (Å²) in [4.78, 5) is 20.0. The molecule has 0 unspecified atom stereocenters. The van der Waals surface area contributed by atoms with E-state index in [1.54, 1.807) is 0 Å². The number of rotatable bonds is 2. The Morgan fingerprint density at radius 1 is 1.15 bits per heavy atom. The highest BCUT2D eigenvalue weighted by atomic mass is 79.9. The van der Waals surface area contributed by atoms with E-state index in [2.05, 4.69) is 25.8 Å². The summed E-state index contributed by atoms with van der Waals surface area (Å²) in [5, 5.41) is 0. The number of amides is 1. The zero-order chi connectivity index (χ0) is 13.9. The van der Waals surface area contributed by atoms with Crippen LogP contribution in [0.15, 0.2) is 16.7 Å². The SMILES string of the molecule is O=C(c1cc(Br)c[nH]1)N1CCC(N2CCCCC2)CC1. The van der Waals surface area contributed by atoms with Gasteiger partial charge in [0.2, 0.25) is 0 Å². The molecule has 2 aliphatic heterocycles. The minimum atomic E-state index is 0.132. The van der Waals surface area contributed by atoms with Crippen LogP contribution < -0.4 is 0 Å². The highest BCUT2D eigenvalue weighted by Gasteiger charge is 2.28. The van der Waals surface area contributed by atoms with E-state index in [1.165, 1.54) is 32.4 Å². The first-order valence-corrected chi connectivity index (χ1v) is 8.40. The van der Waals surface area contributed by atoms with Crippen molar-refractivity contribution in [2.45, 2.75) is 38.1 Å². The second kappa shape index (κ2) is 6.31. The van der Waals surface area contributed by atoms with E-state index in [0.717, 1.165) is 30.4 Å². The van der Waals surface area contributed by atoms with E-state index in [4.69, 9.17) is 0 Å². The smallest absolute Gasteiger partial charge is 0.270 e. The van der Waals surface area contributed by atoms with Crippen molar-refractivity contribution in [3.63, 3.8) is 0 Å². The van der Waals surface area contributed by atoms with Crippen molar-refractivity contribution < 1.29 is 4.79 Å². The number of carbonyl (C=O) groups excluding carboxylic acids is 1. The predicted octanol–water partition coefficient (Wildman–Crippen LogP) is 2.87. The number of H-pyrrole nitrogens is 1. The summed E-state index contributed by atoms with van der Waals surface area (Å²) in [6.07, 6.45) is 8.12. The van der Waals surface area contributed by atoms with E-state index in [1.807, 2.05) is 17.2 Å². The van der Waals surface area contributed by atoms with Gasteiger partial charge in [-0.15, -0.1) is 0 Å². The lowest BCUT2D eigenvalue weighted by Gasteiger charge is -2.40. The molecule has 110 valence electrons. The third-order valence-electron chi connectivity index (χ3n) is 4.54. The summed E-state index contributed by atoms with van der Waals surface area (Å²) >= 11 is 3.38. The van der Waals surface area contributed by atoms with Crippen molar-refractivity contribution in [2.75, 3.05) is 26.2 Å². The van der Waals surface area contributed by atoms with Crippen LogP contribution in [0.25, 0.3) is 0 Å². The van der Waals surface area contributed by atoms with Crippen LogP contribution >= 0.6 is 15.9 Å². The van der Waals surface area contributed by atoms with Crippen LogP contribution in [0, 0.1) is 0 Å². The van der Waals surface area contributed by atoms with Crippen LogP contribution in [0.3, 0.4) is 0 Å². The van der Waals surface area contributed by atoms with Crippen molar-refractivity contribution >= 4 is 21.8 Å². The summed E-state index contributed by atoms with van der Waals surface area (Å²) in [6, 6.07) is 2.55. The van der Waals surface area contributed by atoms with Crippen molar-refractivity contribution in [1.29, 1.82) is 0 Å². The topological polar surface area (TPSA) is 39.3 Å². The maximum Gasteiger partial charge on any atom is 0.270 e. The Morgan fingerprint density at radius 2 is 1.85 bits per heavy atom. The molecule has 0 radical (unpaired) electrons. The molecule has 4 nitrogen and oxygen atoms in total. The van der Waals surface area contributed by atoms with E-state index in [-0.39, 0.29) is 5.91 Å². The molecular formula is C15H22BrN3O. The molecule has 0 spiro atoms. The normalized spacial score (nSPS) is 22.1. The van der Waals surface area contributed by atoms with E-state index < -0.39 is 0 Å². The van der Waals surface area contributed by atoms with Gasteiger partial charge in [0.25, 0.3) is 5.91 Å². The largest absolute Gasteiger partial charge is 0.356 e. The van der Waals surface area contributed by atoms with Crippen LogP contribution in [0.1, 0.15) is 42.6 Å². The van der Waals surface area contributed by atoms with Gasteiger partial charge in [0, 0.05) is 29.8 Å². The first-order valence-electron chi connectivity index (χ1n) is 7.61. The lowest BCUT2D eigenvalue weighted by molar-refractivity contribution is 0.0585.